The topological polar surface area (TPSA) is 72.6 Å². The SMILES string of the molecule is Cc1nc(C2CCC(C)O2)oc1C(=O)O. The molecule has 1 saturated heterocycles. The van der Waals surface area contributed by atoms with E-state index in [1.165, 1.54) is 0 Å². The third-order valence-electron chi connectivity index (χ3n) is 2.51. The molecule has 0 radical (unpaired) electrons. The highest BCUT2D eigenvalue weighted by Crippen LogP contribution is 2.32. The molecule has 2 atom stereocenters. The van der Waals surface area contributed by atoms with Crippen LogP contribution in [0.5, 0.6) is 0 Å². The Kier molecular flexibility index (Phi) is 2.48. The highest BCUT2D eigenvalue weighted by atomic mass is 16.5. The van der Waals surface area contributed by atoms with Crippen molar-refractivity contribution in [2.45, 2.75) is 38.9 Å². The van der Waals surface area contributed by atoms with Crippen LogP contribution in [0, 0.1) is 6.92 Å². The molecule has 2 heterocycles. The summed E-state index contributed by atoms with van der Waals surface area (Å²) in [6.45, 7) is 3.60. The van der Waals surface area contributed by atoms with Gasteiger partial charge < -0.3 is 14.3 Å². The van der Waals surface area contributed by atoms with Gasteiger partial charge in [0.2, 0.25) is 11.7 Å². The quantitative estimate of drug-likeness (QED) is 0.809. The van der Waals surface area contributed by atoms with Crippen LogP contribution in [-0.4, -0.2) is 22.2 Å². The van der Waals surface area contributed by atoms with E-state index in [0.29, 0.717) is 11.6 Å². The number of aryl methyl sites for hydroxylation is 1. The number of oxazole rings is 1. The molecule has 0 saturated carbocycles. The van der Waals surface area contributed by atoms with Crippen molar-refractivity contribution in [3.8, 4) is 0 Å². The third kappa shape index (κ3) is 1.87. The number of hydrogen-bond acceptors (Lipinski definition) is 4. The normalized spacial score (nSPS) is 25.7. The number of carboxylic acid groups (broad SMARTS) is 1. The second kappa shape index (κ2) is 3.66. The van der Waals surface area contributed by atoms with Gasteiger partial charge in [-0.05, 0) is 26.7 Å². The van der Waals surface area contributed by atoms with Gasteiger partial charge in [-0.3, -0.25) is 0 Å². The Morgan fingerprint density at radius 1 is 1.53 bits per heavy atom. The smallest absolute Gasteiger partial charge is 0.373 e. The van der Waals surface area contributed by atoms with E-state index in [2.05, 4.69) is 4.98 Å². The fourth-order valence-electron chi connectivity index (χ4n) is 1.74. The molecule has 1 aliphatic rings. The number of aromatic nitrogens is 1. The highest BCUT2D eigenvalue weighted by molar-refractivity contribution is 5.85. The maximum atomic E-state index is 10.7. The summed E-state index contributed by atoms with van der Waals surface area (Å²) in [6.07, 6.45) is 1.79. The lowest BCUT2D eigenvalue weighted by molar-refractivity contribution is 0.0372. The molecule has 0 amide bonds. The van der Waals surface area contributed by atoms with Crippen LogP contribution in [0.2, 0.25) is 0 Å². The monoisotopic (exact) mass is 211 g/mol. The van der Waals surface area contributed by atoms with Crippen LogP contribution in [0.4, 0.5) is 0 Å². The van der Waals surface area contributed by atoms with Gasteiger partial charge in [0.25, 0.3) is 0 Å². The average molecular weight is 211 g/mol. The van der Waals surface area contributed by atoms with E-state index in [1.807, 2.05) is 6.92 Å². The lowest BCUT2D eigenvalue weighted by atomic mass is 10.2. The first kappa shape index (κ1) is 10.2. The van der Waals surface area contributed by atoms with Gasteiger partial charge in [0.15, 0.2) is 0 Å². The summed E-state index contributed by atoms with van der Waals surface area (Å²) in [7, 11) is 0. The van der Waals surface area contributed by atoms with Crippen molar-refractivity contribution in [2.24, 2.45) is 0 Å². The summed E-state index contributed by atoms with van der Waals surface area (Å²) in [4.78, 5) is 14.8. The van der Waals surface area contributed by atoms with Crippen molar-refractivity contribution in [2.75, 3.05) is 0 Å². The van der Waals surface area contributed by atoms with Crippen LogP contribution in [-0.2, 0) is 4.74 Å². The summed E-state index contributed by atoms with van der Waals surface area (Å²) >= 11 is 0. The molecule has 2 rings (SSSR count). The molecule has 0 bridgehead atoms. The molecule has 0 aromatic carbocycles. The molecule has 0 aliphatic carbocycles. The standard InChI is InChI=1S/C10H13NO4/c1-5-3-4-7(14-5)9-11-6(2)8(15-9)10(12)13/h5,7H,3-4H2,1-2H3,(H,12,13). The Balaban J connectivity index is 2.23. The Bertz CT molecular complexity index is 385. The number of rotatable bonds is 2. The zero-order valence-electron chi connectivity index (χ0n) is 8.69. The zero-order chi connectivity index (χ0) is 11.0. The van der Waals surface area contributed by atoms with E-state index < -0.39 is 5.97 Å². The van der Waals surface area contributed by atoms with Gasteiger partial charge in [0.1, 0.15) is 6.10 Å². The second-order valence-corrected chi connectivity index (χ2v) is 3.78. The lowest BCUT2D eigenvalue weighted by Gasteiger charge is -2.05. The molecule has 1 fully saturated rings. The van der Waals surface area contributed by atoms with Gasteiger partial charge in [-0.15, -0.1) is 0 Å². The van der Waals surface area contributed by atoms with E-state index in [1.54, 1.807) is 6.92 Å². The van der Waals surface area contributed by atoms with Crippen molar-refractivity contribution in [3.63, 3.8) is 0 Å². The Hall–Kier alpha value is -1.36. The fraction of sp³-hybridized carbons (Fsp3) is 0.600. The molecule has 2 unspecified atom stereocenters. The number of carbonyl (C=O) groups is 1. The number of carboxylic acids is 1. The molecule has 82 valence electrons. The summed E-state index contributed by atoms with van der Waals surface area (Å²) in [5.41, 5.74) is 0.403. The number of nitrogens with zero attached hydrogens (tertiary/aromatic N) is 1. The van der Waals surface area contributed by atoms with Crippen LogP contribution in [0.1, 0.15) is 48.0 Å². The minimum absolute atomic E-state index is 0.0897. The van der Waals surface area contributed by atoms with Gasteiger partial charge >= 0.3 is 5.97 Å². The van der Waals surface area contributed by atoms with Gasteiger partial charge in [0, 0.05) is 0 Å². The van der Waals surface area contributed by atoms with E-state index in [9.17, 15) is 4.79 Å². The highest BCUT2D eigenvalue weighted by Gasteiger charge is 2.29. The first-order valence-corrected chi connectivity index (χ1v) is 4.94. The molecular formula is C10H13NO4. The Morgan fingerprint density at radius 2 is 2.27 bits per heavy atom. The van der Waals surface area contributed by atoms with Crippen molar-refractivity contribution in [1.29, 1.82) is 0 Å². The predicted octanol–water partition coefficient (Wildman–Crippen LogP) is 1.92. The zero-order valence-corrected chi connectivity index (χ0v) is 8.69. The van der Waals surface area contributed by atoms with Gasteiger partial charge in [-0.25, -0.2) is 9.78 Å². The van der Waals surface area contributed by atoms with Gasteiger partial charge in [0.05, 0.1) is 11.8 Å². The summed E-state index contributed by atoms with van der Waals surface area (Å²) < 4.78 is 10.7. The number of ether oxygens (including phenoxy) is 1. The maximum Gasteiger partial charge on any atom is 0.373 e. The Morgan fingerprint density at radius 3 is 2.73 bits per heavy atom. The molecule has 1 aromatic rings. The molecule has 15 heavy (non-hydrogen) atoms. The molecule has 0 spiro atoms. The van der Waals surface area contributed by atoms with E-state index in [0.717, 1.165) is 12.8 Å². The summed E-state index contributed by atoms with van der Waals surface area (Å²) in [6, 6.07) is 0. The maximum absolute atomic E-state index is 10.7. The first-order chi connectivity index (χ1) is 7.08. The number of aromatic carboxylic acids is 1. The molecule has 1 aliphatic heterocycles. The van der Waals surface area contributed by atoms with Crippen LogP contribution in [0.25, 0.3) is 0 Å². The minimum Gasteiger partial charge on any atom is -0.475 e. The van der Waals surface area contributed by atoms with Crippen molar-refractivity contribution in [3.05, 3.63) is 17.3 Å². The van der Waals surface area contributed by atoms with Crippen LogP contribution >= 0.6 is 0 Å². The molecular weight excluding hydrogens is 198 g/mol. The van der Waals surface area contributed by atoms with Gasteiger partial charge in [-0.1, -0.05) is 0 Å². The Labute approximate surface area is 87.1 Å². The van der Waals surface area contributed by atoms with Crippen molar-refractivity contribution >= 4 is 5.97 Å². The van der Waals surface area contributed by atoms with Crippen LogP contribution in [0.3, 0.4) is 0 Å². The third-order valence-corrected chi connectivity index (χ3v) is 2.51. The van der Waals surface area contributed by atoms with Crippen molar-refractivity contribution < 1.29 is 19.1 Å². The summed E-state index contributed by atoms with van der Waals surface area (Å²) in [5, 5.41) is 8.80. The average Bonchev–Trinajstić information content (AvgIpc) is 2.71. The van der Waals surface area contributed by atoms with E-state index in [-0.39, 0.29) is 18.0 Å². The number of hydrogen-bond donors (Lipinski definition) is 1. The lowest BCUT2D eigenvalue weighted by Crippen LogP contribution is -2.01. The molecule has 1 N–H and O–H groups in total. The minimum atomic E-state index is -1.09. The molecule has 5 heteroatoms. The second-order valence-electron chi connectivity index (χ2n) is 3.78. The molecule has 1 aromatic heterocycles. The first-order valence-electron chi connectivity index (χ1n) is 4.94. The van der Waals surface area contributed by atoms with E-state index >= 15 is 0 Å². The molecule has 5 nitrogen and oxygen atoms in total. The largest absolute Gasteiger partial charge is 0.475 e. The van der Waals surface area contributed by atoms with Gasteiger partial charge in [-0.2, -0.15) is 0 Å². The van der Waals surface area contributed by atoms with Crippen LogP contribution in [0.15, 0.2) is 4.42 Å². The summed E-state index contributed by atoms with van der Waals surface area (Å²) in [5.74, 6) is -0.792. The fourth-order valence-corrected chi connectivity index (χ4v) is 1.74. The van der Waals surface area contributed by atoms with Crippen molar-refractivity contribution in [1.82, 2.24) is 4.98 Å². The predicted molar refractivity (Wildman–Crippen MR) is 50.7 cm³/mol. The van der Waals surface area contributed by atoms with Crippen LogP contribution < -0.4 is 0 Å². The van der Waals surface area contributed by atoms with E-state index in [4.69, 9.17) is 14.3 Å².